The maximum atomic E-state index is 13.0. The maximum absolute atomic E-state index is 13.0. The van der Waals surface area contributed by atoms with E-state index in [1.807, 2.05) is 24.3 Å². The number of likely N-dealkylation sites (N-methyl/N-ethyl adjacent to an activating group) is 1. The van der Waals surface area contributed by atoms with Crippen molar-refractivity contribution >= 4 is 35.1 Å². The first-order valence-electron chi connectivity index (χ1n) is 11.9. The van der Waals surface area contributed by atoms with E-state index in [2.05, 4.69) is 23.3 Å². The van der Waals surface area contributed by atoms with Gasteiger partial charge in [-0.1, -0.05) is 41.4 Å². The smallest absolute Gasteiger partial charge is 0.303 e. The van der Waals surface area contributed by atoms with E-state index < -0.39 is 11.0 Å². The van der Waals surface area contributed by atoms with Gasteiger partial charge in [-0.3, -0.25) is 9.59 Å². The maximum Gasteiger partial charge on any atom is 0.303 e. The van der Waals surface area contributed by atoms with Gasteiger partial charge in [0.2, 0.25) is 5.91 Å². The summed E-state index contributed by atoms with van der Waals surface area (Å²) in [5, 5.41) is 4.14. The van der Waals surface area contributed by atoms with E-state index >= 15 is 0 Å². The van der Waals surface area contributed by atoms with Gasteiger partial charge in [-0.2, -0.15) is 0 Å². The first kappa shape index (κ1) is 25.8. The molecule has 0 bridgehead atoms. The molecule has 8 heteroatoms. The summed E-state index contributed by atoms with van der Waals surface area (Å²) in [6.45, 7) is 2.99. The van der Waals surface area contributed by atoms with E-state index in [4.69, 9.17) is 32.7 Å². The van der Waals surface area contributed by atoms with Crippen molar-refractivity contribution in [1.29, 1.82) is 0 Å². The number of benzene rings is 2. The number of likely N-dealkylation sites (tertiary alicyclic amines) is 1. The standard InChI is InChI=1S/C27H32Cl2N2O4/c1-18(32)35-27-10-9-21(30-25(33)14-19-7-8-23(28)24(29)13-19)16-26(27,11-12-31(2)17-27)20-5-4-6-22(15-20)34-3/h4-8,13,15,21H,9-12,14,16-17H2,1-3H3,(H,30,33)/t21-,26?,27?/m1/s1. The zero-order valence-electron chi connectivity index (χ0n) is 20.4. The van der Waals surface area contributed by atoms with Gasteiger partial charge in [-0.15, -0.1) is 0 Å². The number of methoxy groups -OCH3 is 1. The van der Waals surface area contributed by atoms with Crippen LogP contribution in [0.3, 0.4) is 0 Å². The van der Waals surface area contributed by atoms with Crippen LogP contribution in [0.15, 0.2) is 42.5 Å². The fourth-order valence-electron chi connectivity index (χ4n) is 5.95. The number of carbonyl (C=O) groups excluding carboxylic acids is 2. The van der Waals surface area contributed by atoms with Crippen LogP contribution in [0.1, 0.15) is 43.7 Å². The molecule has 4 rings (SSSR count). The molecule has 1 N–H and O–H groups in total. The number of amides is 1. The first-order valence-corrected chi connectivity index (χ1v) is 12.7. The lowest BCUT2D eigenvalue weighted by Crippen LogP contribution is -2.68. The Bertz CT molecular complexity index is 1110. The molecule has 0 spiro atoms. The molecular weight excluding hydrogens is 487 g/mol. The lowest BCUT2D eigenvalue weighted by Gasteiger charge is -2.59. The number of fused-ring (bicyclic) bond motifs is 1. The summed E-state index contributed by atoms with van der Waals surface area (Å²) in [5.74, 6) is 0.412. The Balaban J connectivity index is 1.63. The summed E-state index contributed by atoms with van der Waals surface area (Å²) in [4.78, 5) is 27.5. The van der Waals surface area contributed by atoms with Crippen LogP contribution in [-0.4, -0.2) is 55.7 Å². The fraction of sp³-hybridized carbons (Fsp3) is 0.481. The molecular formula is C27H32Cl2N2O4. The molecule has 1 aliphatic heterocycles. The second-order valence-corrected chi connectivity index (χ2v) is 10.6. The number of halogens is 2. The third-order valence-electron chi connectivity index (χ3n) is 7.48. The Morgan fingerprint density at radius 3 is 2.66 bits per heavy atom. The molecule has 2 aromatic rings. The van der Waals surface area contributed by atoms with Gasteiger partial charge < -0.3 is 19.7 Å². The number of esters is 1. The molecule has 2 unspecified atom stereocenters. The number of hydrogen-bond donors (Lipinski definition) is 1. The monoisotopic (exact) mass is 518 g/mol. The molecule has 2 fully saturated rings. The van der Waals surface area contributed by atoms with Gasteiger partial charge in [0.15, 0.2) is 0 Å². The Morgan fingerprint density at radius 2 is 1.94 bits per heavy atom. The van der Waals surface area contributed by atoms with Gasteiger partial charge in [-0.25, -0.2) is 0 Å². The lowest BCUT2D eigenvalue weighted by atomic mass is 9.55. The van der Waals surface area contributed by atoms with Crippen molar-refractivity contribution < 1.29 is 19.1 Å². The molecule has 6 nitrogen and oxygen atoms in total. The first-order chi connectivity index (χ1) is 16.7. The van der Waals surface area contributed by atoms with Crippen LogP contribution < -0.4 is 10.1 Å². The molecule has 1 heterocycles. The number of nitrogens with zero attached hydrogens (tertiary/aromatic N) is 1. The van der Waals surface area contributed by atoms with Crippen LogP contribution >= 0.6 is 23.2 Å². The Kier molecular flexibility index (Phi) is 7.65. The normalized spacial score (nSPS) is 26.5. The van der Waals surface area contributed by atoms with Crippen molar-refractivity contribution in [3.63, 3.8) is 0 Å². The minimum atomic E-state index is -0.677. The van der Waals surface area contributed by atoms with Crippen molar-refractivity contribution in [2.24, 2.45) is 0 Å². The number of nitrogens with one attached hydrogen (secondary N) is 1. The highest BCUT2D eigenvalue weighted by Crippen LogP contribution is 2.54. The molecule has 188 valence electrons. The average molecular weight is 519 g/mol. The average Bonchev–Trinajstić information content (AvgIpc) is 2.81. The number of rotatable bonds is 6. The molecule has 2 aromatic carbocycles. The third-order valence-corrected chi connectivity index (χ3v) is 8.22. The Morgan fingerprint density at radius 1 is 1.14 bits per heavy atom. The van der Waals surface area contributed by atoms with Crippen molar-refractivity contribution in [2.75, 3.05) is 27.2 Å². The second kappa shape index (κ2) is 10.4. The molecule has 35 heavy (non-hydrogen) atoms. The van der Waals surface area contributed by atoms with Crippen LogP contribution in [0.5, 0.6) is 5.75 Å². The summed E-state index contributed by atoms with van der Waals surface area (Å²) < 4.78 is 11.7. The largest absolute Gasteiger partial charge is 0.497 e. The van der Waals surface area contributed by atoms with Crippen LogP contribution in [0, 0.1) is 0 Å². The van der Waals surface area contributed by atoms with E-state index in [1.165, 1.54) is 6.92 Å². The SMILES string of the molecule is COc1cccc(C23CCN(C)CC2(OC(C)=O)CC[C@@H](NC(=O)Cc2ccc(Cl)c(Cl)c2)C3)c1. The number of carbonyl (C=O) groups is 2. The topological polar surface area (TPSA) is 67.9 Å². The molecule has 1 saturated carbocycles. The summed E-state index contributed by atoms with van der Waals surface area (Å²) in [7, 11) is 3.71. The van der Waals surface area contributed by atoms with E-state index in [1.54, 1.807) is 19.2 Å². The summed E-state index contributed by atoms with van der Waals surface area (Å²) in [6, 6.07) is 13.2. The molecule has 1 aliphatic carbocycles. The van der Waals surface area contributed by atoms with E-state index in [-0.39, 0.29) is 24.3 Å². The van der Waals surface area contributed by atoms with Crippen molar-refractivity contribution in [2.45, 2.75) is 56.1 Å². The van der Waals surface area contributed by atoms with Crippen LogP contribution in [0.4, 0.5) is 0 Å². The molecule has 0 aromatic heterocycles. The number of piperidine rings is 1. The zero-order chi connectivity index (χ0) is 25.2. The highest BCUT2D eigenvalue weighted by Gasteiger charge is 2.60. The highest BCUT2D eigenvalue weighted by atomic mass is 35.5. The van der Waals surface area contributed by atoms with Crippen LogP contribution in [-0.2, 0) is 26.2 Å². The summed E-state index contributed by atoms with van der Waals surface area (Å²) in [5.41, 5.74) is 0.765. The van der Waals surface area contributed by atoms with Gasteiger partial charge in [-0.05, 0) is 74.7 Å². The quantitative estimate of drug-likeness (QED) is 0.556. The third kappa shape index (κ3) is 5.30. The fourth-order valence-corrected chi connectivity index (χ4v) is 6.27. The predicted molar refractivity (Wildman–Crippen MR) is 137 cm³/mol. The van der Waals surface area contributed by atoms with Gasteiger partial charge in [0, 0.05) is 24.9 Å². The van der Waals surface area contributed by atoms with E-state index in [9.17, 15) is 9.59 Å². The van der Waals surface area contributed by atoms with Crippen molar-refractivity contribution in [1.82, 2.24) is 10.2 Å². The molecule has 1 saturated heterocycles. The summed E-state index contributed by atoms with van der Waals surface area (Å²) in [6.07, 6.45) is 3.08. The zero-order valence-corrected chi connectivity index (χ0v) is 21.9. The Hall–Kier alpha value is -2.28. The predicted octanol–water partition coefficient (Wildman–Crippen LogP) is 4.79. The van der Waals surface area contributed by atoms with Gasteiger partial charge in [0.1, 0.15) is 11.4 Å². The molecule has 0 radical (unpaired) electrons. The minimum absolute atomic E-state index is 0.0523. The van der Waals surface area contributed by atoms with Gasteiger partial charge in [0.05, 0.1) is 23.6 Å². The van der Waals surface area contributed by atoms with E-state index in [0.717, 1.165) is 36.3 Å². The van der Waals surface area contributed by atoms with Crippen LogP contribution in [0.2, 0.25) is 10.0 Å². The van der Waals surface area contributed by atoms with Crippen molar-refractivity contribution in [3.05, 3.63) is 63.6 Å². The number of hydrogen-bond acceptors (Lipinski definition) is 5. The Labute approximate surface area is 216 Å². The summed E-state index contributed by atoms with van der Waals surface area (Å²) >= 11 is 12.1. The lowest BCUT2D eigenvalue weighted by molar-refractivity contribution is -0.185. The number of ether oxygens (including phenoxy) is 2. The van der Waals surface area contributed by atoms with Gasteiger partial charge in [0.25, 0.3) is 0 Å². The highest BCUT2D eigenvalue weighted by molar-refractivity contribution is 6.42. The second-order valence-electron chi connectivity index (χ2n) is 9.82. The molecule has 2 aliphatic rings. The molecule has 1 amide bonds. The van der Waals surface area contributed by atoms with Crippen LogP contribution in [0.25, 0.3) is 0 Å². The molecule has 3 atom stereocenters. The van der Waals surface area contributed by atoms with Gasteiger partial charge >= 0.3 is 5.97 Å². The van der Waals surface area contributed by atoms with Crippen molar-refractivity contribution in [3.8, 4) is 5.75 Å². The van der Waals surface area contributed by atoms with E-state index in [0.29, 0.717) is 29.4 Å². The minimum Gasteiger partial charge on any atom is -0.497 e.